The van der Waals surface area contributed by atoms with Crippen molar-refractivity contribution in [2.75, 3.05) is 5.32 Å². The third-order valence-corrected chi connectivity index (χ3v) is 2.56. The first kappa shape index (κ1) is 11.0. The van der Waals surface area contributed by atoms with Crippen molar-refractivity contribution in [3.63, 3.8) is 0 Å². The van der Waals surface area contributed by atoms with Crippen molar-refractivity contribution in [2.45, 2.75) is 12.4 Å². The lowest BCUT2D eigenvalue weighted by molar-refractivity contribution is 0.713. The lowest BCUT2D eigenvalue weighted by Gasteiger charge is -2.08. The first-order chi connectivity index (χ1) is 7.79. The van der Waals surface area contributed by atoms with E-state index < -0.39 is 0 Å². The number of hydrogen-bond donors (Lipinski definition) is 1. The Balaban J connectivity index is 2.04. The molecule has 0 radical (unpaired) electrons. The van der Waals surface area contributed by atoms with Gasteiger partial charge >= 0.3 is 0 Å². The molecule has 0 saturated carbocycles. The van der Waals surface area contributed by atoms with E-state index in [1.54, 1.807) is 4.68 Å². The first-order valence-corrected chi connectivity index (χ1v) is 5.56. The minimum absolute atomic E-state index is 0.504. The van der Waals surface area contributed by atoms with Gasteiger partial charge in [-0.1, -0.05) is 23.4 Å². The number of benzene rings is 1. The fourth-order valence-electron chi connectivity index (χ4n) is 1.47. The summed E-state index contributed by atoms with van der Waals surface area (Å²) in [6, 6.07) is 7.97. The van der Waals surface area contributed by atoms with Crippen LogP contribution in [0.25, 0.3) is 0 Å². The molecule has 0 atom stereocenters. The highest BCUT2D eigenvalue weighted by atomic mass is 35.5. The molecular weight excluding hydrogens is 224 g/mol. The van der Waals surface area contributed by atoms with E-state index in [2.05, 4.69) is 15.6 Å². The van der Waals surface area contributed by atoms with Crippen LogP contribution in [-0.2, 0) is 19.5 Å². The Morgan fingerprint density at radius 1 is 1.38 bits per heavy atom. The van der Waals surface area contributed by atoms with Gasteiger partial charge in [0.15, 0.2) is 0 Å². The average Bonchev–Trinajstić information content (AvgIpc) is 2.73. The van der Waals surface area contributed by atoms with Crippen LogP contribution in [0.5, 0.6) is 0 Å². The lowest BCUT2D eigenvalue weighted by atomic mass is 10.2. The number of halogens is 1. The van der Waals surface area contributed by atoms with E-state index in [4.69, 9.17) is 11.6 Å². The number of aromatic nitrogens is 3. The van der Waals surface area contributed by atoms with Gasteiger partial charge in [0.05, 0.1) is 6.54 Å². The highest BCUT2D eigenvalue weighted by molar-refractivity contribution is 6.17. The highest BCUT2D eigenvalue weighted by Crippen LogP contribution is 2.17. The Kier molecular flexibility index (Phi) is 3.41. The Morgan fingerprint density at radius 3 is 2.88 bits per heavy atom. The van der Waals surface area contributed by atoms with Gasteiger partial charge in [0.25, 0.3) is 0 Å². The van der Waals surface area contributed by atoms with Gasteiger partial charge in [-0.05, 0) is 11.6 Å². The normalized spacial score (nSPS) is 10.4. The smallest absolute Gasteiger partial charge is 0.102 e. The van der Waals surface area contributed by atoms with Crippen molar-refractivity contribution in [3.8, 4) is 0 Å². The SMILES string of the molecule is Cn1cc(CNc2ccccc2CCl)nn1. The summed E-state index contributed by atoms with van der Waals surface area (Å²) in [6.45, 7) is 0.655. The van der Waals surface area contributed by atoms with Gasteiger partial charge in [0, 0.05) is 24.8 Å². The van der Waals surface area contributed by atoms with Crippen molar-refractivity contribution in [1.82, 2.24) is 15.0 Å². The van der Waals surface area contributed by atoms with Crippen LogP contribution in [0, 0.1) is 0 Å². The summed E-state index contributed by atoms with van der Waals surface area (Å²) >= 11 is 5.85. The van der Waals surface area contributed by atoms with E-state index in [-0.39, 0.29) is 0 Å². The van der Waals surface area contributed by atoms with Crippen LogP contribution in [0.1, 0.15) is 11.3 Å². The third kappa shape index (κ3) is 2.52. The molecule has 2 rings (SSSR count). The van der Waals surface area contributed by atoms with Gasteiger partial charge in [-0.3, -0.25) is 4.68 Å². The van der Waals surface area contributed by atoms with Crippen LogP contribution >= 0.6 is 11.6 Å². The minimum atomic E-state index is 0.504. The molecule has 0 unspecified atom stereocenters. The second-order valence-corrected chi connectivity index (χ2v) is 3.80. The second kappa shape index (κ2) is 4.99. The van der Waals surface area contributed by atoms with Crippen LogP contribution in [0.3, 0.4) is 0 Å². The molecule has 0 spiro atoms. The van der Waals surface area contributed by atoms with Gasteiger partial charge in [-0.2, -0.15) is 0 Å². The molecule has 84 valence electrons. The number of nitrogens with zero attached hydrogens (tertiary/aromatic N) is 3. The largest absolute Gasteiger partial charge is 0.379 e. The molecule has 1 N–H and O–H groups in total. The van der Waals surface area contributed by atoms with Crippen LogP contribution in [-0.4, -0.2) is 15.0 Å². The zero-order valence-corrected chi connectivity index (χ0v) is 9.78. The summed E-state index contributed by atoms with van der Waals surface area (Å²) in [5, 5.41) is 11.2. The number of hydrogen-bond acceptors (Lipinski definition) is 3. The maximum atomic E-state index is 5.85. The molecule has 1 heterocycles. The first-order valence-electron chi connectivity index (χ1n) is 5.02. The van der Waals surface area contributed by atoms with E-state index in [0.29, 0.717) is 12.4 Å². The number of aryl methyl sites for hydroxylation is 1. The molecule has 0 fully saturated rings. The van der Waals surface area contributed by atoms with Gasteiger partial charge in [0.2, 0.25) is 0 Å². The third-order valence-electron chi connectivity index (χ3n) is 2.27. The second-order valence-electron chi connectivity index (χ2n) is 3.53. The summed E-state index contributed by atoms with van der Waals surface area (Å²) in [6.07, 6.45) is 1.89. The summed E-state index contributed by atoms with van der Waals surface area (Å²) < 4.78 is 1.68. The minimum Gasteiger partial charge on any atom is -0.379 e. The van der Waals surface area contributed by atoms with Gasteiger partial charge in [-0.15, -0.1) is 16.7 Å². The number of nitrogens with one attached hydrogen (secondary N) is 1. The molecule has 0 aliphatic carbocycles. The molecule has 4 nitrogen and oxygen atoms in total. The average molecular weight is 237 g/mol. The highest BCUT2D eigenvalue weighted by Gasteiger charge is 2.01. The van der Waals surface area contributed by atoms with E-state index in [9.17, 15) is 0 Å². The quantitative estimate of drug-likeness (QED) is 0.828. The summed E-state index contributed by atoms with van der Waals surface area (Å²) in [5.41, 5.74) is 3.04. The van der Waals surface area contributed by atoms with E-state index >= 15 is 0 Å². The zero-order chi connectivity index (χ0) is 11.4. The molecule has 0 aliphatic heterocycles. The number of anilines is 1. The maximum Gasteiger partial charge on any atom is 0.102 e. The van der Waals surface area contributed by atoms with Crippen LogP contribution in [0.2, 0.25) is 0 Å². The molecule has 1 aromatic carbocycles. The maximum absolute atomic E-state index is 5.85. The van der Waals surface area contributed by atoms with Crippen LogP contribution in [0.4, 0.5) is 5.69 Å². The fourth-order valence-corrected chi connectivity index (χ4v) is 1.70. The fraction of sp³-hybridized carbons (Fsp3) is 0.273. The molecule has 2 aromatic rings. The van der Waals surface area contributed by atoms with Crippen molar-refractivity contribution < 1.29 is 0 Å². The topological polar surface area (TPSA) is 42.7 Å². The monoisotopic (exact) mass is 236 g/mol. The van der Waals surface area contributed by atoms with Crippen molar-refractivity contribution >= 4 is 17.3 Å². The van der Waals surface area contributed by atoms with Gasteiger partial charge in [0.1, 0.15) is 5.69 Å². The Morgan fingerprint density at radius 2 is 2.19 bits per heavy atom. The van der Waals surface area contributed by atoms with Crippen LogP contribution in [0.15, 0.2) is 30.5 Å². The number of para-hydroxylation sites is 1. The molecule has 0 saturated heterocycles. The van der Waals surface area contributed by atoms with Crippen molar-refractivity contribution in [3.05, 3.63) is 41.7 Å². The van der Waals surface area contributed by atoms with E-state index in [0.717, 1.165) is 16.9 Å². The predicted octanol–water partition coefficient (Wildman–Crippen LogP) is 2.17. The molecule has 1 aromatic heterocycles. The molecule has 5 heteroatoms. The molecule has 0 amide bonds. The Hall–Kier alpha value is -1.55. The van der Waals surface area contributed by atoms with Crippen LogP contribution < -0.4 is 5.32 Å². The van der Waals surface area contributed by atoms with Gasteiger partial charge < -0.3 is 5.32 Å². The van der Waals surface area contributed by atoms with Crippen molar-refractivity contribution in [2.24, 2.45) is 7.05 Å². The van der Waals surface area contributed by atoms with E-state index in [1.165, 1.54) is 0 Å². The summed E-state index contributed by atoms with van der Waals surface area (Å²) in [5.74, 6) is 0.504. The van der Waals surface area contributed by atoms with E-state index in [1.807, 2.05) is 37.5 Å². The standard InChI is InChI=1S/C11H13ClN4/c1-16-8-10(14-15-16)7-13-11-5-3-2-4-9(11)6-12/h2-5,8,13H,6-7H2,1H3. The van der Waals surface area contributed by atoms with Gasteiger partial charge in [-0.25, -0.2) is 0 Å². The Bertz CT molecular complexity index is 467. The molecule has 0 aliphatic rings. The number of rotatable bonds is 4. The molecule has 16 heavy (non-hydrogen) atoms. The summed E-state index contributed by atoms with van der Waals surface area (Å²) in [4.78, 5) is 0. The van der Waals surface area contributed by atoms with Crippen molar-refractivity contribution in [1.29, 1.82) is 0 Å². The predicted molar refractivity (Wildman–Crippen MR) is 64.3 cm³/mol. The molecular formula is C11H13ClN4. The Labute approximate surface area is 99.2 Å². The number of alkyl halides is 1. The lowest BCUT2D eigenvalue weighted by Crippen LogP contribution is -2.02. The zero-order valence-electron chi connectivity index (χ0n) is 9.02. The molecule has 0 bridgehead atoms. The summed E-state index contributed by atoms with van der Waals surface area (Å²) in [7, 11) is 1.85.